The number of halogens is 1. The van der Waals surface area contributed by atoms with E-state index in [-0.39, 0.29) is 5.82 Å². The Kier molecular flexibility index (Phi) is 2.96. The molecule has 0 aromatic heterocycles. The highest BCUT2D eigenvalue weighted by Gasteiger charge is 2.02. The molecule has 1 nitrogen and oxygen atoms in total. The van der Waals surface area contributed by atoms with E-state index in [4.69, 9.17) is 0 Å². The molecule has 1 aromatic carbocycles. The molecule has 0 bridgehead atoms. The van der Waals surface area contributed by atoms with E-state index in [2.05, 4.69) is 6.58 Å². The van der Waals surface area contributed by atoms with Gasteiger partial charge in [0, 0.05) is 5.56 Å². The Labute approximate surface area is 76.9 Å². The molecule has 0 aliphatic carbocycles. The van der Waals surface area contributed by atoms with Crippen molar-refractivity contribution >= 4 is 6.29 Å². The Hall–Kier alpha value is -1.44. The molecule has 0 unspecified atom stereocenters. The molecule has 0 aliphatic heterocycles. The van der Waals surface area contributed by atoms with Crippen molar-refractivity contribution in [1.29, 1.82) is 0 Å². The van der Waals surface area contributed by atoms with Gasteiger partial charge >= 0.3 is 0 Å². The highest BCUT2D eigenvalue weighted by Crippen LogP contribution is 2.13. The van der Waals surface area contributed by atoms with Gasteiger partial charge in [-0.05, 0) is 37.1 Å². The Morgan fingerprint density at radius 3 is 2.85 bits per heavy atom. The SMILES string of the molecule is C=C(C)Cc1cc(F)ccc1C=O. The minimum atomic E-state index is -0.318. The van der Waals surface area contributed by atoms with E-state index < -0.39 is 0 Å². The first-order valence-electron chi connectivity index (χ1n) is 4.01. The van der Waals surface area contributed by atoms with Gasteiger partial charge in [-0.2, -0.15) is 0 Å². The third-order valence-electron chi connectivity index (χ3n) is 1.72. The van der Waals surface area contributed by atoms with Gasteiger partial charge in [0.25, 0.3) is 0 Å². The third kappa shape index (κ3) is 2.51. The third-order valence-corrected chi connectivity index (χ3v) is 1.72. The number of carbonyl (C=O) groups is 1. The molecule has 0 radical (unpaired) electrons. The Morgan fingerprint density at radius 1 is 1.62 bits per heavy atom. The van der Waals surface area contributed by atoms with E-state index in [1.54, 1.807) is 0 Å². The summed E-state index contributed by atoms with van der Waals surface area (Å²) >= 11 is 0. The molecule has 0 saturated heterocycles. The summed E-state index contributed by atoms with van der Waals surface area (Å²) in [6.07, 6.45) is 1.28. The summed E-state index contributed by atoms with van der Waals surface area (Å²) in [5.41, 5.74) is 2.14. The van der Waals surface area contributed by atoms with Crippen molar-refractivity contribution in [3.05, 3.63) is 47.3 Å². The number of allylic oxidation sites excluding steroid dienone is 1. The molecule has 0 N–H and O–H groups in total. The fourth-order valence-corrected chi connectivity index (χ4v) is 1.17. The average Bonchev–Trinajstić information content (AvgIpc) is 2.03. The highest BCUT2D eigenvalue weighted by molar-refractivity contribution is 5.77. The number of hydrogen-bond acceptors (Lipinski definition) is 1. The summed E-state index contributed by atoms with van der Waals surface area (Å²) < 4.78 is 12.8. The summed E-state index contributed by atoms with van der Waals surface area (Å²) in [6.45, 7) is 5.56. The number of aldehydes is 1. The van der Waals surface area contributed by atoms with Crippen molar-refractivity contribution < 1.29 is 9.18 Å². The summed E-state index contributed by atoms with van der Waals surface area (Å²) in [7, 11) is 0. The Morgan fingerprint density at radius 2 is 2.31 bits per heavy atom. The van der Waals surface area contributed by atoms with Gasteiger partial charge in [-0.1, -0.05) is 12.2 Å². The topological polar surface area (TPSA) is 17.1 Å². The molecule has 0 aliphatic rings. The molecule has 1 rings (SSSR count). The van der Waals surface area contributed by atoms with Gasteiger partial charge in [0.15, 0.2) is 0 Å². The number of hydrogen-bond donors (Lipinski definition) is 0. The second-order valence-electron chi connectivity index (χ2n) is 3.09. The van der Waals surface area contributed by atoms with Gasteiger partial charge in [0.1, 0.15) is 12.1 Å². The predicted octanol–water partition coefficient (Wildman–Crippen LogP) is 2.76. The monoisotopic (exact) mass is 178 g/mol. The fourth-order valence-electron chi connectivity index (χ4n) is 1.17. The van der Waals surface area contributed by atoms with Gasteiger partial charge in [0.2, 0.25) is 0 Å². The summed E-state index contributed by atoms with van der Waals surface area (Å²) in [5, 5.41) is 0. The first-order chi connectivity index (χ1) is 6.13. The molecule has 0 spiro atoms. The van der Waals surface area contributed by atoms with Crippen LogP contribution < -0.4 is 0 Å². The van der Waals surface area contributed by atoms with Crippen molar-refractivity contribution in [1.82, 2.24) is 0 Å². The first-order valence-corrected chi connectivity index (χ1v) is 4.01. The van der Waals surface area contributed by atoms with Crippen LogP contribution in [0, 0.1) is 5.82 Å². The van der Waals surface area contributed by atoms with Crippen LogP contribution in [-0.4, -0.2) is 6.29 Å². The fraction of sp³-hybridized carbons (Fsp3) is 0.182. The molecular weight excluding hydrogens is 167 g/mol. The second kappa shape index (κ2) is 3.99. The lowest BCUT2D eigenvalue weighted by Gasteiger charge is -2.03. The van der Waals surface area contributed by atoms with Gasteiger partial charge in [-0.25, -0.2) is 4.39 Å². The zero-order chi connectivity index (χ0) is 9.84. The lowest BCUT2D eigenvalue weighted by Crippen LogP contribution is -1.94. The average molecular weight is 178 g/mol. The van der Waals surface area contributed by atoms with E-state index in [0.29, 0.717) is 17.5 Å². The smallest absolute Gasteiger partial charge is 0.150 e. The van der Waals surface area contributed by atoms with Gasteiger partial charge in [-0.15, -0.1) is 0 Å². The Balaban J connectivity index is 3.07. The van der Waals surface area contributed by atoms with E-state index in [1.165, 1.54) is 18.2 Å². The van der Waals surface area contributed by atoms with Crippen LogP contribution in [0.25, 0.3) is 0 Å². The van der Waals surface area contributed by atoms with Crippen molar-refractivity contribution in [3.63, 3.8) is 0 Å². The summed E-state index contributed by atoms with van der Waals surface area (Å²) in [6, 6.07) is 4.14. The van der Waals surface area contributed by atoms with Gasteiger partial charge in [-0.3, -0.25) is 4.79 Å². The van der Waals surface area contributed by atoms with Crippen molar-refractivity contribution in [3.8, 4) is 0 Å². The normalized spacial score (nSPS) is 9.69. The van der Waals surface area contributed by atoms with Crippen LogP contribution in [0.4, 0.5) is 4.39 Å². The zero-order valence-corrected chi connectivity index (χ0v) is 7.51. The van der Waals surface area contributed by atoms with Crippen LogP contribution >= 0.6 is 0 Å². The van der Waals surface area contributed by atoms with E-state index >= 15 is 0 Å². The number of carbonyl (C=O) groups excluding carboxylic acids is 1. The van der Waals surface area contributed by atoms with Gasteiger partial charge < -0.3 is 0 Å². The van der Waals surface area contributed by atoms with Crippen molar-refractivity contribution in [2.45, 2.75) is 13.3 Å². The maximum Gasteiger partial charge on any atom is 0.150 e. The molecule has 2 heteroatoms. The molecule has 0 saturated carbocycles. The maximum atomic E-state index is 12.8. The molecule has 68 valence electrons. The minimum Gasteiger partial charge on any atom is -0.298 e. The van der Waals surface area contributed by atoms with Crippen LogP contribution in [0.3, 0.4) is 0 Å². The van der Waals surface area contributed by atoms with Crippen LogP contribution in [0.5, 0.6) is 0 Å². The quantitative estimate of drug-likeness (QED) is 0.513. The van der Waals surface area contributed by atoms with E-state index in [9.17, 15) is 9.18 Å². The molecular formula is C11H11FO. The van der Waals surface area contributed by atoms with E-state index in [1.807, 2.05) is 6.92 Å². The maximum absolute atomic E-state index is 12.8. The van der Waals surface area contributed by atoms with Crippen molar-refractivity contribution in [2.24, 2.45) is 0 Å². The largest absolute Gasteiger partial charge is 0.298 e. The summed E-state index contributed by atoms with van der Waals surface area (Å²) in [5.74, 6) is -0.318. The number of benzene rings is 1. The molecule has 0 heterocycles. The van der Waals surface area contributed by atoms with Crippen LogP contribution in [-0.2, 0) is 6.42 Å². The zero-order valence-electron chi connectivity index (χ0n) is 7.51. The Bertz CT molecular complexity index is 342. The summed E-state index contributed by atoms with van der Waals surface area (Å²) in [4.78, 5) is 10.6. The highest BCUT2D eigenvalue weighted by atomic mass is 19.1. The van der Waals surface area contributed by atoms with E-state index in [0.717, 1.165) is 11.9 Å². The first kappa shape index (κ1) is 9.65. The van der Waals surface area contributed by atoms with Crippen molar-refractivity contribution in [2.75, 3.05) is 0 Å². The lowest BCUT2D eigenvalue weighted by atomic mass is 10.0. The van der Waals surface area contributed by atoms with Crippen LogP contribution in [0.1, 0.15) is 22.8 Å². The standard InChI is InChI=1S/C11H11FO/c1-8(2)5-10-6-11(12)4-3-9(10)7-13/h3-4,6-7H,1,5H2,2H3. The lowest BCUT2D eigenvalue weighted by molar-refractivity contribution is 0.112. The molecule has 0 amide bonds. The molecule has 0 fully saturated rings. The van der Waals surface area contributed by atoms with Crippen LogP contribution in [0.15, 0.2) is 30.4 Å². The van der Waals surface area contributed by atoms with Crippen LogP contribution in [0.2, 0.25) is 0 Å². The number of rotatable bonds is 3. The second-order valence-corrected chi connectivity index (χ2v) is 3.09. The molecule has 0 atom stereocenters. The molecule has 1 aromatic rings. The molecule has 13 heavy (non-hydrogen) atoms. The van der Waals surface area contributed by atoms with Gasteiger partial charge in [0.05, 0.1) is 0 Å². The predicted molar refractivity (Wildman–Crippen MR) is 50.3 cm³/mol. The minimum absolute atomic E-state index is 0.318.